The van der Waals surface area contributed by atoms with Gasteiger partial charge in [-0.1, -0.05) is 6.42 Å². The number of aliphatic hydroxyl groups is 1. The van der Waals surface area contributed by atoms with E-state index in [4.69, 9.17) is 4.74 Å². The van der Waals surface area contributed by atoms with Gasteiger partial charge in [0.25, 0.3) is 0 Å². The highest BCUT2D eigenvalue weighted by Gasteiger charge is 2.20. The minimum Gasteiger partial charge on any atom is -0.393 e. The predicted octanol–water partition coefficient (Wildman–Crippen LogP) is 1.47. The van der Waals surface area contributed by atoms with E-state index >= 15 is 0 Å². The first kappa shape index (κ1) is 14.5. The summed E-state index contributed by atoms with van der Waals surface area (Å²) in [6, 6.07) is 0. The third kappa shape index (κ3) is 6.03. The number of carbonyl (C=O) groups is 1. The quantitative estimate of drug-likeness (QED) is 0.742. The molecule has 1 fully saturated rings. The summed E-state index contributed by atoms with van der Waals surface area (Å²) in [4.78, 5) is 11.6. The lowest BCUT2D eigenvalue weighted by Crippen LogP contribution is -2.33. The van der Waals surface area contributed by atoms with Crippen molar-refractivity contribution in [3.63, 3.8) is 0 Å². The minimum absolute atomic E-state index is 0.0916. The first-order valence-corrected chi connectivity index (χ1v) is 6.59. The molecule has 1 aliphatic carbocycles. The van der Waals surface area contributed by atoms with E-state index in [2.05, 4.69) is 5.32 Å². The van der Waals surface area contributed by atoms with Gasteiger partial charge in [-0.2, -0.15) is 0 Å². The van der Waals surface area contributed by atoms with Crippen LogP contribution < -0.4 is 5.32 Å². The Kier molecular flexibility index (Phi) is 6.52. The summed E-state index contributed by atoms with van der Waals surface area (Å²) < 4.78 is 5.10. The minimum atomic E-state index is -0.167. The molecule has 1 amide bonds. The summed E-state index contributed by atoms with van der Waals surface area (Å²) in [6.07, 6.45) is 5.18. The summed E-state index contributed by atoms with van der Waals surface area (Å²) >= 11 is 0. The van der Waals surface area contributed by atoms with Crippen molar-refractivity contribution in [1.82, 2.24) is 5.32 Å². The van der Waals surface area contributed by atoms with Gasteiger partial charge in [-0.15, -0.1) is 0 Å². The summed E-state index contributed by atoms with van der Waals surface area (Å²) in [6.45, 7) is 2.67. The van der Waals surface area contributed by atoms with Crippen LogP contribution in [0, 0.1) is 5.92 Å². The van der Waals surface area contributed by atoms with Crippen molar-refractivity contribution in [2.45, 2.75) is 57.7 Å². The highest BCUT2D eigenvalue weighted by molar-refractivity contribution is 5.75. The summed E-state index contributed by atoms with van der Waals surface area (Å²) in [5, 5.41) is 12.5. The van der Waals surface area contributed by atoms with Crippen LogP contribution in [0.15, 0.2) is 0 Å². The third-order valence-corrected chi connectivity index (χ3v) is 3.52. The normalized spacial score (nSPS) is 26.5. The van der Waals surface area contributed by atoms with Crippen LogP contribution in [0.4, 0.5) is 0 Å². The maximum Gasteiger partial charge on any atom is 0.220 e. The van der Waals surface area contributed by atoms with Crippen LogP contribution in [-0.2, 0) is 9.53 Å². The number of aliphatic hydroxyl groups excluding tert-OH is 1. The van der Waals surface area contributed by atoms with E-state index in [-0.39, 0.29) is 18.1 Å². The number of amides is 1. The van der Waals surface area contributed by atoms with Gasteiger partial charge in [0.2, 0.25) is 5.91 Å². The van der Waals surface area contributed by atoms with Gasteiger partial charge in [0.15, 0.2) is 0 Å². The first-order valence-electron chi connectivity index (χ1n) is 6.59. The molecule has 0 aromatic rings. The van der Waals surface area contributed by atoms with Gasteiger partial charge >= 0.3 is 0 Å². The van der Waals surface area contributed by atoms with E-state index in [9.17, 15) is 9.90 Å². The molecule has 0 bridgehead atoms. The largest absolute Gasteiger partial charge is 0.393 e. The Morgan fingerprint density at radius 1 is 1.53 bits per heavy atom. The second kappa shape index (κ2) is 7.67. The molecule has 1 aliphatic rings. The molecule has 1 rings (SSSR count). The number of methoxy groups -OCH3 is 1. The zero-order valence-corrected chi connectivity index (χ0v) is 10.9. The zero-order chi connectivity index (χ0) is 12.7. The van der Waals surface area contributed by atoms with Gasteiger partial charge in [-0.25, -0.2) is 0 Å². The zero-order valence-electron chi connectivity index (χ0n) is 10.9. The van der Waals surface area contributed by atoms with E-state index in [0.29, 0.717) is 18.9 Å². The highest BCUT2D eigenvalue weighted by atomic mass is 16.5. The molecule has 0 saturated heterocycles. The fourth-order valence-electron chi connectivity index (χ4n) is 2.25. The first-order chi connectivity index (χ1) is 8.11. The maximum atomic E-state index is 11.6. The molecule has 3 unspecified atom stereocenters. The third-order valence-electron chi connectivity index (χ3n) is 3.52. The Balaban J connectivity index is 2.10. The van der Waals surface area contributed by atoms with Gasteiger partial charge < -0.3 is 15.2 Å². The molecule has 0 aliphatic heterocycles. The van der Waals surface area contributed by atoms with Crippen molar-refractivity contribution >= 4 is 5.91 Å². The van der Waals surface area contributed by atoms with E-state index in [1.54, 1.807) is 7.11 Å². The molecule has 17 heavy (non-hydrogen) atoms. The second-order valence-electron chi connectivity index (χ2n) is 5.08. The molecule has 0 aromatic heterocycles. The molecule has 0 heterocycles. The molecule has 0 spiro atoms. The lowest BCUT2D eigenvalue weighted by Gasteiger charge is -2.25. The van der Waals surface area contributed by atoms with Crippen LogP contribution in [0.1, 0.15) is 45.4 Å². The lowest BCUT2D eigenvalue weighted by atomic mass is 9.87. The van der Waals surface area contributed by atoms with Crippen molar-refractivity contribution in [2.24, 2.45) is 5.92 Å². The Morgan fingerprint density at radius 2 is 2.29 bits per heavy atom. The smallest absolute Gasteiger partial charge is 0.220 e. The fourth-order valence-corrected chi connectivity index (χ4v) is 2.25. The van der Waals surface area contributed by atoms with Gasteiger partial charge in [0.1, 0.15) is 0 Å². The van der Waals surface area contributed by atoms with Crippen molar-refractivity contribution in [3.05, 3.63) is 0 Å². The van der Waals surface area contributed by atoms with Crippen molar-refractivity contribution in [2.75, 3.05) is 13.7 Å². The van der Waals surface area contributed by atoms with E-state index in [1.807, 2.05) is 6.92 Å². The van der Waals surface area contributed by atoms with Crippen LogP contribution in [-0.4, -0.2) is 36.9 Å². The van der Waals surface area contributed by atoms with Crippen LogP contribution in [0.3, 0.4) is 0 Å². The molecule has 100 valence electrons. The van der Waals surface area contributed by atoms with Crippen LogP contribution in [0.5, 0.6) is 0 Å². The van der Waals surface area contributed by atoms with Crippen LogP contribution >= 0.6 is 0 Å². The number of carbonyl (C=O) groups excluding carboxylic acids is 1. The average Bonchev–Trinajstić information content (AvgIpc) is 2.33. The van der Waals surface area contributed by atoms with E-state index in [0.717, 1.165) is 32.1 Å². The molecule has 0 radical (unpaired) electrons. The van der Waals surface area contributed by atoms with Crippen molar-refractivity contribution < 1.29 is 14.6 Å². The van der Waals surface area contributed by atoms with E-state index in [1.165, 1.54) is 0 Å². The van der Waals surface area contributed by atoms with Crippen molar-refractivity contribution in [3.8, 4) is 0 Å². The molecule has 1 saturated carbocycles. The SMILES string of the molecule is COC(C)CCC(=O)NCC1CCCC(O)C1. The summed E-state index contributed by atoms with van der Waals surface area (Å²) in [5.41, 5.74) is 0. The molecule has 4 nitrogen and oxygen atoms in total. The maximum absolute atomic E-state index is 11.6. The lowest BCUT2D eigenvalue weighted by molar-refractivity contribution is -0.122. The van der Waals surface area contributed by atoms with Crippen LogP contribution in [0.25, 0.3) is 0 Å². The van der Waals surface area contributed by atoms with E-state index < -0.39 is 0 Å². The highest BCUT2D eigenvalue weighted by Crippen LogP contribution is 2.23. The van der Waals surface area contributed by atoms with Gasteiger partial charge in [0, 0.05) is 20.1 Å². The number of hydrogen-bond acceptors (Lipinski definition) is 3. The molecular formula is C13H25NO3. The number of rotatable bonds is 6. The van der Waals surface area contributed by atoms with Crippen LogP contribution in [0.2, 0.25) is 0 Å². The molecule has 4 heteroatoms. The fraction of sp³-hybridized carbons (Fsp3) is 0.923. The monoisotopic (exact) mass is 243 g/mol. The Hall–Kier alpha value is -0.610. The Labute approximate surface area is 104 Å². The van der Waals surface area contributed by atoms with Gasteiger partial charge in [0.05, 0.1) is 12.2 Å². The average molecular weight is 243 g/mol. The van der Waals surface area contributed by atoms with Gasteiger partial charge in [-0.05, 0) is 38.5 Å². The second-order valence-corrected chi connectivity index (χ2v) is 5.08. The number of hydrogen-bond donors (Lipinski definition) is 2. The van der Waals surface area contributed by atoms with Crippen molar-refractivity contribution in [1.29, 1.82) is 0 Å². The van der Waals surface area contributed by atoms with Gasteiger partial charge in [-0.3, -0.25) is 4.79 Å². The molecule has 0 aromatic carbocycles. The predicted molar refractivity (Wildman–Crippen MR) is 66.7 cm³/mol. The Morgan fingerprint density at radius 3 is 2.94 bits per heavy atom. The summed E-state index contributed by atoms with van der Waals surface area (Å²) in [5.74, 6) is 0.538. The topological polar surface area (TPSA) is 58.6 Å². The molecular weight excluding hydrogens is 218 g/mol. The molecule has 3 atom stereocenters. The number of nitrogens with one attached hydrogen (secondary N) is 1. The Bertz CT molecular complexity index is 233. The molecule has 2 N–H and O–H groups in total. The standard InChI is InChI=1S/C13H25NO3/c1-10(17-2)6-7-13(16)14-9-11-4-3-5-12(15)8-11/h10-12,15H,3-9H2,1-2H3,(H,14,16). The summed E-state index contributed by atoms with van der Waals surface area (Å²) in [7, 11) is 1.66. The number of ether oxygens (including phenoxy) is 1.